The molecule has 1 aliphatic carbocycles. The molecule has 128 valence electrons. The molecule has 0 aliphatic heterocycles. The van der Waals surface area contributed by atoms with Crippen molar-refractivity contribution in [1.29, 1.82) is 0 Å². The number of urea groups is 1. The molecule has 0 bridgehead atoms. The minimum absolute atomic E-state index is 0.192. The zero-order valence-electron chi connectivity index (χ0n) is 13.9. The Morgan fingerprint density at radius 2 is 2.17 bits per heavy atom. The molecule has 3 N–H and O–H groups in total. The van der Waals surface area contributed by atoms with Gasteiger partial charge in [-0.2, -0.15) is 4.98 Å². The number of hydrogen-bond donors (Lipinski definition) is 3. The molecule has 0 spiro atoms. The summed E-state index contributed by atoms with van der Waals surface area (Å²) in [4.78, 5) is 21.3. The molecule has 3 rings (SSSR count). The van der Waals surface area contributed by atoms with E-state index in [-0.39, 0.29) is 12.1 Å². The normalized spacial score (nSPS) is 15.2. The summed E-state index contributed by atoms with van der Waals surface area (Å²) in [7, 11) is 0. The van der Waals surface area contributed by atoms with Crippen LogP contribution in [0.1, 0.15) is 37.7 Å². The molecule has 0 aromatic carbocycles. The van der Waals surface area contributed by atoms with Gasteiger partial charge in [-0.05, 0) is 30.7 Å². The van der Waals surface area contributed by atoms with E-state index < -0.39 is 0 Å². The highest BCUT2D eigenvalue weighted by molar-refractivity contribution is 7.18. The highest BCUT2D eigenvalue weighted by Gasteiger charge is 2.18. The number of carbonyl (C=O) groups excluding carboxylic acids is 1. The molecular weight excluding hydrogens is 322 g/mol. The lowest BCUT2D eigenvalue weighted by molar-refractivity contribution is 0.244. The van der Waals surface area contributed by atoms with Gasteiger partial charge in [0.2, 0.25) is 5.95 Å². The molecule has 2 amide bonds. The number of amides is 2. The smallest absolute Gasteiger partial charge is 0.320 e. The number of hydrogen-bond acceptors (Lipinski definition) is 5. The van der Waals surface area contributed by atoms with Crippen molar-refractivity contribution in [3.05, 3.63) is 23.6 Å². The van der Waals surface area contributed by atoms with Crippen LogP contribution in [-0.2, 0) is 0 Å². The van der Waals surface area contributed by atoms with Crippen LogP contribution in [0, 0.1) is 6.92 Å². The van der Waals surface area contributed by atoms with Gasteiger partial charge in [0.25, 0.3) is 0 Å². The summed E-state index contributed by atoms with van der Waals surface area (Å²) in [5, 5.41) is 11.1. The molecule has 1 aliphatic rings. The van der Waals surface area contributed by atoms with Gasteiger partial charge in [-0.1, -0.05) is 25.3 Å². The second-order valence-corrected chi connectivity index (χ2v) is 6.97. The van der Waals surface area contributed by atoms with Crippen molar-refractivity contribution >= 4 is 39.4 Å². The van der Waals surface area contributed by atoms with Gasteiger partial charge in [0.15, 0.2) is 5.82 Å². The minimum atomic E-state index is -0.192. The van der Waals surface area contributed by atoms with E-state index in [1.807, 2.05) is 12.3 Å². The summed E-state index contributed by atoms with van der Waals surface area (Å²) >= 11 is 1.55. The quantitative estimate of drug-likeness (QED) is 0.714. The van der Waals surface area contributed by atoms with E-state index in [0.29, 0.717) is 18.3 Å². The predicted octanol–water partition coefficient (Wildman–Crippen LogP) is 4.05. The van der Waals surface area contributed by atoms with Gasteiger partial charge in [-0.25, -0.2) is 9.78 Å². The molecule has 1 saturated carbocycles. The van der Waals surface area contributed by atoms with Crippen LogP contribution in [0.25, 0.3) is 10.2 Å². The zero-order valence-corrected chi connectivity index (χ0v) is 14.7. The molecule has 6 nitrogen and oxygen atoms in total. The average Bonchev–Trinajstić information content (AvgIpc) is 2.95. The van der Waals surface area contributed by atoms with Crippen molar-refractivity contribution in [2.24, 2.45) is 0 Å². The first kappa shape index (κ1) is 16.7. The lowest BCUT2D eigenvalue weighted by Gasteiger charge is -2.22. The summed E-state index contributed by atoms with van der Waals surface area (Å²) in [6, 6.07) is 0.0714. The molecule has 2 heterocycles. The van der Waals surface area contributed by atoms with Crippen molar-refractivity contribution in [2.45, 2.75) is 45.1 Å². The number of thiophene rings is 1. The van der Waals surface area contributed by atoms with Crippen LogP contribution in [0.5, 0.6) is 0 Å². The minimum Gasteiger partial charge on any atom is -0.351 e. The Labute approximate surface area is 145 Å². The maximum Gasteiger partial charge on any atom is 0.320 e. The monoisotopic (exact) mass is 345 g/mol. The van der Waals surface area contributed by atoms with E-state index in [0.717, 1.165) is 28.6 Å². The van der Waals surface area contributed by atoms with Gasteiger partial charge < -0.3 is 10.6 Å². The van der Waals surface area contributed by atoms with Crippen molar-refractivity contribution in [2.75, 3.05) is 17.2 Å². The molecule has 7 heteroatoms. The summed E-state index contributed by atoms with van der Waals surface area (Å²) in [5.74, 6) is 1.05. The molecular formula is C17H23N5OS. The van der Waals surface area contributed by atoms with Crippen LogP contribution >= 0.6 is 11.3 Å². The van der Waals surface area contributed by atoms with Crippen molar-refractivity contribution in [1.82, 2.24) is 15.3 Å². The third-order valence-electron chi connectivity index (χ3n) is 4.17. The number of aryl methyl sites for hydroxylation is 1. The van der Waals surface area contributed by atoms with E-state index in [1.54, 1.807) is 17.4 Å². The number of aromatic nitrogens is 2. The lowest BCUT2D eigenvalue weighted by atomic mass is 9.96. The van der Waals surface area contributed by atoms with E-state index in [4.69, 9.17) is 0 Å². The van der Waals surface area contributed by atoms with E-state index in [1.165, 1.54) is 19.3 Å². The number of rotatable bonds is 5. The van der Waals surface area contributed by atoms with Crippen molar-refractivity contribution < 1.29 is 4.79 Å². The first-order valence-electron chi connectivity index (χ1n) is 8.35. The number of fused-ring (bicyclic) bond motifs is 1. The highest BCUT2D eigenvalue weighted by atomic mass is 32.1. The fourth-order valence-electron chi connectivity index (χ4n) is 2.94. The standard InChI is InChI=1S/C17H23N5OS/c1-3-9-18-16-20-13-11(2)10-24-14(13)15(21-16)22-17(23)19-12-7-5-4-6-8-12/h3,10,12H,1,4-9H2,2H3,(H3,18,19,20,21,22,23). The van der Waals surface area contributed by atoms with Gasteiger partial charge >= 0.3 is 6.03 Å². The fourth-order valence-corrected chi connectivity index (χ4v) is 3.87. The molecule has 0 unspecified atom stereocenters. The van der Waals surface area contributed by atoms with Gasteiger partial charge in [-0.15, -0.1) is 17.9 Å². The number of carbonyl (C=O) groups is 1. The predicted molar refractivity (Wildman–Crippen MR) is 99.9 cm³/mol. The van der Waals surface area contributed by atoms with E-state index in [9.17, 15) is 4.79 Å². The van der Waals surface area contributed by atoms with E-state index in [2.05, 4.69) is 32.5 Å². The van der Waals surface area contributed by atoms with Crippen LogP contribution in [-0.4, -0.2) is 28.6 Å². The topological polar surface area (TPSA) is 78.9 Å². The number of nitrogens with one attached hydrogen (secondary N) is 3. The summed E-state index contributed by atoms with van der Waals surface area (Å²) in [5.41, 5.74) is 1.95. The second kappa shape index (κ2) is 7.61. The summed E-state index contributed by atoms with van der Waals surface area (Å²) in [6.07, 6.45) is 7.48. The molecule has 2 aromatic heterocycles. The van der Waals surface area contributed by atoms with Crippen LogP contribution in [0.15, 0.2) is 18.0 Å². The Hall–Kier alpha value is -2.15. The Bertz CT molecular complexity index is 736. The van der Waals surface area contributed by atoms with Gasteiger partial charge in [0.05, 0.1) is 10.2 Å². The van der Waals surface area contributed by atoms with Gasteiger partial charge in [0, 0.05) is 12.6 Å². The SMILES string of the molecule is C=CCNc1nc(NC(=O)NC2CCCCC2)c2scc(C)c2n1. The van der Waals surface area contributed by atoms with Crippen molar-refractivity contribution in [3.8, 4) is 0 Å². The average molecular weight is 345 g/mol. The number of anilines is 2. The summed E-state index contributed by atoms with van der Waals surface area (Å²) in [6.45, 7) is 6.27. The van der Waals surface area contributed by atoms with Gasteiger partial charge in [0.1, 0.15) is 0 Å². The molecule has 0 saturated heterocycles. The maximum absolute atomic E-state index is 12.3. The largest absolute Gasteiger partial charge is 0.351 e. The van der Waals surface area contributed by atoms with Crippen LogP contribution < -0.4 is 16.0 Å². The molecule has 1 fully saturated rings. The van der Waals surface area contributed by atoms with Crippen LogP contribution in [0.3, 0.4) is 0 Å². The molecule has 0 radical (unpaired) electrons. The highest BCUT2D eigenvalue weighted by Crippen LogP contribution is 2.30. The first-order chi connectivity index (χ1) is 11.7. The molecule has 0 atom stereocenters. The van der Waals surface area contributed by atoms with Crippen LogP contribution in [0.4, 0.5) is 16.6 Å². The van der Waals surface area contributed by atoms with Gasteiger partial charge in [-0.3, -0.25) is 5.32 Å². The maximum atomic E-state index is 12.3. The van der Waals surface area contributed by atoms with Crippen molar-refractivity contribution in [3.63, 3.8) is 0 Å². The third-order valence-corrected chi connectivity index (χ3v) is 5.26. The Morgan fingerprint density at radius 3 is 2.92 bits per heavy atom. The first-order valence-corrected chi connectivity index (χ1v) is 9.23. The molecule has 2 aromatic rings. The van der Waals surface area contributed by atoms with Crippen LogP contribution in [0.2, 0.25) is 0 Å². The number of nitrogens with zero attached hydrogens (tertiary/aromatic N) is 2. The summed E-state index contributed by atoms with van der Waals surface area (Å²) < 4.78 is 0.899. The third kappa shape index (κ3) is 3.84. The zero-order chi connectivity index (χ0) is 16.9. The Kier molecular flexibility index (Phi) is 5.30. The Balaban J connectivity index is 1.78. The lowest BCUT2D eigenvalue weighted by Crippen LogP contribution is -2.39. The Morgan fingerprint density at radius 1 is 1.38 bits per heavy atom. The van der Waals surface area contributed by atoms with E-state index >= 15 is 0 Å². The fraction of sp³-hybridized carbons (Fsp3) is 0.471. The second-order valence-electron chi connectivity index (χ2n) is 6.10. The molecule has 24 heavy (non-hydrogen) atoms.